The Morgan fingerprint density at radius 1 is 1.48 bits per heavy atom. The first-order valence-corrected chi connectivity index (χ1v) is 7.39. The first-order valence-electron chi connectivity index (χ1n) is 7.39. The summed E-state index contributed by atoms with van der Waals surface area (Å²) in [7, 11) is 0. The number of nitro groups is 1. The van der Waals surface area contributed by atoms with Crippen LogP contribution in [0.4, 0.5) is 5.82 Å². The molecular formula is C14H20N6O3. The Morgan fingerprint density at radius 2 is 2.22 bits per heavy atom. The Balaban J connectivity index is 1.90. The quantitative estimate of drug-likeness (QED) is 0.610. The summed E-state index contributed by atoms with van der Waals surface area (Å²) >= 11 is 0. The van der Waals surface area contributed by atoms with E-state index in [-0.39, 0.29) is 24.2 Å². The molecule has 0 spiro atoms. The van der Waals surface area contributed by atoms with Gasteiger partial charge in [-0.05, 0) is 24.8 Å². The van der Waals surface area contributed by atoms with Crippen molar-refractivity contribution in [2.24, 2.45) is 5.92 Å². The number of hydrogen-bond donors (Lipinski definition) is 1. The zero-order valence-corrected chi connectivity index (χ0v) is 13.4. The van der Waals surface area contributed by atoms with Crippen molar-refractivity contribution in [3.8, 4) is 0 Å². The minimum atomic E-state index is -0.543. The Hall–Kier alpha value is -2.71. The van der Waals surface area contributed by atoms with Crippen LogP contribution in [0.1, 0.15) is 25.2 Å². The summed E-state index contributed by atoms with van der Waals surface area (Å²) in [5.41, 5.74) is 1.44. The Kier molecular flexibility index (Phi) is 5.09. The average Bonchev–Trinajstić information content (AvgIpc) is 3.12. The fraction of sp³-hybridized carbons (Fsp3) is 0.500. The number of rotatable bonds is 7. The molecule has 2 aromatic rings. The van der Waals surface area contributed by atoms with Gasteiger partial charge in [0.2, 0.25) is 5.91 Å². The van der Waals surface area contributed by atoms with Gasteiger partial charge in [-0.3, -0.25) is 9.48 Å². The largest absolute Gasteiger partial charge is 0.390 e. The summed E-state index contributed by atoms with van der Waals surface area (Å²) in [5.74, 6) is -0.713. The standard InChI is InChI=1S/C14H20N6O3/c1-4-18-6-5-12(16-18)8-15-14(21)10(2)9-19-11(3)7-13(17-19)20(22)23/h5-7,10H,4,8-9H2,1-3H3,(H,15,21). The zero-order valence-electron chi connectivity index (χ0n) is 13.4. The molecule has 2 heterocycles. The lowest BCUT2D eigenvalue weighted by Crippen LogP contribution is -2.31. The molecule has 2 aromatic heterocycles. The molecule has 0 aliphatic rings. The van der Waals surface area contributed by atoms with Crippen LogP contribution in [0, 0.1) is 23.0 Å². The highest BCUT2D eigenvalue weighted by atomic mass is 16.6. The Bertz CT molecular complexity index is 705. The van der Waals surface area contributed by atoms with Crippen LogP contribution in [-0.2, 0) is 24.4 Å². The van der Waals surface area contributed by atoms with Crippen molar-refractivity contribution in [3.05, 3.63) is 39.8 Å². The minimum Gasteiger partial charge on any atom is -0.358 e. The highest BCUT2D eigenvalue weighted by Crippen LogP contribution is 2.13. The average molecular weight is 320 g/mol. The third-order valence-electron chi connectivity index (χ3n) is 3.51. The van der Waals surface area contributed by atoms with Gasteiger partial charge in [0, 0.05) is 12.7 Å². The number of hydrogen-bond acceptors (Lipinski definition) is 5. The molecule has 0 aromatic carbocycles. The molecule has 9 heteroatoms. The van der Waals surface area contributed by atoms with Gasteiger partial charge in [-0.25, -0.2) is 0 Å². The van der Waals surface area contributed by atoms with Gasteiger partial charge in [0.15, 0.2) is 0 Å². The van der Waals surface area contributed by atoms with Crippen LogP contribution in [-0.4, -0.2) is 30.4 Å². The minimum absolute atomic E-state index is 0.145. The number of carbonyl (C=O) groups is 1. The molecule has 1 unspecified atom stereocenters. The van der Waals surface area contributed by atoms with E-state index in [0.717, 1.165) is 12.2 Å². The van der Waals surface area contributed by atoms with Crippen molar-refractivity contribution in [2.75, 3.05) is 0 Å². The Labute approximate surface area is 133 Å². The lowest BCUT2D eigenvalue weighted by atomic mass is 10.1. The second-order valence-corrected chi connectivity index (χ2v) is 5.36. The van der Waals surface area contributed by atoms with Crippen molar-refractivity contribution in [1.29, 1.82) is 0 Å². The van der Waals surface area contributed by atoms with E-state index < -0.39 is 4.92 Å². The molecule has 1 amide bonds. The van der Waals surface area contributed by atoms with E-state index in [1.807, 2.05) is 19.2 Å². The smallest absolute Gasteiger partial charge is 0.358 e. The maximum atomic E-state index is 12.1. The molecular weight excluding hydrogens is 300 g/mol. The Morgan fingerprint density at radius 3 is 2.78 bits per heavy atom. The molecule has 0 fully saturated rings. The number of carbonyl (C=O) groups excluding carboxylic acids is 1. The summed E-state index contributed by atoms with van der Waals surface area (Å²) in [6.45, 7) is 6.89. The van der Waals surface area contributed by atoms with Crippen molar-refractivity contribution in [2.45, 2.75) is 40.4 Å². The highest BCUT2D eigenvalue weighted by molar-refractivity contribution is 5.78. The van der Waals surface area contributed by atoms with E-state index >= 15 is 0 Å². The lowest BCUT2D eigenvalue weighted by Gasteiger charge is -2.10. The van der Waals surface area contributed by atoms with E-state index in [1.165, 1.54) is 10.7 Å². The van der Waals surface area contributed by atoms with Crippen LogP contribution in [0.25, 0.3) is 0 Å². The topological polar surface area (TPSA) is 108 Å². The second-order valence-electron chi connectivity index (χ2n) is 5.36. The van der Waals surface area contributed by atoms with Gasteiger partial charge in [-0.1, -0.05) is 6.92 Å². The first kappa shape index (κ1) is 16.7. The summed E-state index contributed by atoms with van der Waals surface area (Å²) in [4.78, 5) is 22.3. The molecule has 0 aliphatic heterocycles. The van der Waals surface area contributed by atoms with E-state index in [9.17, 15) is 14.9 Å². The van der Waals surface area contributed by atoms with E-state index in [2.05, 4.69) is 15.5 Å². The maximum Gasteiger partial charge on any atom is 0.390 e. The van der Waals surface area contributed by atoms with Crippen molar-refractivity contribution in [3.63, 3.8) is 0 Å². The highest BCUT2D eigenvalue weighted by Gasteiger charge is 2.20. The number of nitrogens with zero attached hydrogens (tertiary/aromatic N) is 5. The molecule has 1 N–H and O–H groups in total. The van der Waals surface area contributed by atoms with Crippen LogP contribution in [0.15, 0.2) is 18.3 Å². The van der Waals surface area contributed by atoms with Crippen molar-refractivity contribution in [1.82, 2.24) is 24.9 Å². The maximum absolute atomic E-state index is 12.1. The van der Waals surface area contributed by atoms with E-state index in [1.54, 1.807) is 18.5 Å². The monoisotopic (exact) mass is 320 g/mol. The summed E-state index contributed by atoms with van der Waals surface area (Å²) in [5, 5.41) is 21.7. The second kappa shape index (κ2) is 7.03. The summed E-state index contributed by atoms with van der Waals surface area (Å²) in [6.07, 6.45) is 1.86. The lowest BCUT2D eigenvalue weighted by molar-refractivity contribution is -0.389. The molecule has 2 rings (SSSR count). The van der Waals surface area contributed by atoms with Gasteiger partial charge in [-0.2, -0.15) is 9.78 Å². The van der Waals surface area contributed by atoms with Crippen molar-refractivity contribution >= 4 is 11.7 Å². The number of nitrogens with one attached hydrogen (secondary N) is 1. The number of aryl methyl sites for hydroxylation is 2. The molecule has 23 heavy (non-hydrogen) atoms. The third-order valence-corrected chi connectivity index (χ3v) is 3.51. The number of amides is 1. The van der Waals surface area contributed by atoms with Crippen LogP contribution in [0.5, 0.6) is 0 Å². The molecule has 1 atom stereocenters. The fourth-order valence-electron chi connectivity index (χ4n) is 2.14. The van der Waals surface area contributed by atoms with E-state index in [4.69, 9.17) is 0 Å². The van der Waals surface area contributed by atoms with Gasteiger partial charge >= 0.3 is 5.82 Å². The van der Waals surface area contributed by atoms with Crippen LogP contribution < -0.4 is 5.32 Å². The summed E-state index contributed by atoms with van der Waals surface area (Å²) < 4.78 is 3.27. The first-order chi connectivity index (χ1) is 10.9. The van der Waals surface area contributed by atoms with Crippen LogP contribution in [0.2, 0.25) is 0 Å². The van der Waals surface area contributed by atoms with Crippen LogP contribution in [0.3, 0.4) is 0 Å². The van der Waals surface area contributed by atoms with Gasteiger partial charge in [0.1, 0.15) is 0 Å². The molecule has 124 valence electrons. The molecule has 0 saturated heterocycles. The molecule has 0 saturated carbocycles. The fourth-order valence-corrected chi connectivity index (χ4v) is 2.14. The van der Waals surface area contributed by atoms with Gasteiger partial charge in [0.05, 0.1) is 41.6 Å². The third kappa shape index (κ3) is 4.15. The molecule has 9 nitrogen and oxygen atoms in total. The SMILES string of the molecule is CCn1ccc(CNC(=O)C(C)Cn2nc([N+](=O)[O-])cc2C)n1. The van der Waals surface area contributed by atoms with E-state index in [0.29, 0.717) is 12.2 Å². The van der Waals surface area contributed by atoms with Gasteiger partial charge in [-0.15, -0.1) is 0 Å². The van der Waals surface area contributed by atoms with Crippen LogP contribution >= 0.6 is 0 Å². The normalized spacial score (nSPS) is 12.1. The molecule has 0 aliphatic carbocycles. The molecule has 0 bridgehead atoms. The predicted octanol–water partition coefficient (Wildman–Crippen LogP) is 1.27. The number of aromatic nitrogens is 4. The predicted molar refractivity (Wildman–Crippen MR) is 82.5 cm³/mol. The van der Waals surface area contributed by atoms with Gasteiger partial charge < -0.3 is 15.4 Å². The van der Waals surface area contributed by atoms with Gasteiger partial charge in [0.25, 0.3) is 0 Å². The molecule has 0 radical (unpaired) electrons. The zero-order chi connectivity index (χ0) is 17.0. The summed E-state index contributed by atoms with van der Waals surface area (Å²) in [6, 6.07) is 3.25. The van der Waals surface area contributed by atoms with Crippen molar-refractivity contribution < 1.29 is 9.72 Å².